The van der Waals surface area contributed by atoms with Gasteiger partial charge in [0, 0.05) is 27.4 Å². The predicted molar refractivity (Wildman–Crippen MR) is 88.1 cm³/mol. The van der Waals surface area contributed by atoms with Gasteiger partial charge >= 0.3 is 8.80 Å². The normalized spacial score (nSPS) is 17.1. The van der Waals surface area contributed by atoms with Crippen molar-refractivity contribution in [1.29, 1.82) is 0 Å². The fraction of sp³-hybridized carbons (Fsp3) is 0.625. The van der Waals surface area contributed by atoms with Gasteiger partial charge in [-0.3, -0.25) is 0 Å². The summed E-state index contributed by atoms with van der Waals surface area (Å²) >= 11 is 0. The molecule has 0 aliphatic carbocycles. The maximum atomic E-state index is 5.71. The molecule has 0 bridgehead atoms. The molecule has 0 spiro atoms. The molecule has 0 saturated carbocycles. The Hall–Kier alpha value is -1.12. The number of methoxy groups -OCH3 is 1. The number of rotatable bonds is 11. The van der Waals surface area contributed by atoms with E-state index in [1.54, 1.807) is 28.4 Å². The molecule has 1 fully saturated rings. The Labute approximate surface area is 139 Å². The van der Waals surface area contributed by atoms with Crippen LogP contribution < -0.4 is 9.47 Å². The summed E-state index contributed by atoms with van der Waals surface area (Å²) < 4.78 is 32.6. The number of epoxide rings is 1. The maximum Gasteiger partial charge on any atom is 0.500 e. The Morgan fingerprint density at radius 3 is 2.35 bits per heavy atom. The van der Waals surface area contributed by atoms with Crippen molar-refractivity contribution in [3.8, 4) is 11.5 Å². The van der Waals surface area contributed by atoms with E-state index in [0.29, 0.717) is 6.61 Å². The highest BCUT2D eigenvalue weighted by atomic mass is 28.4. The van der Waals surface area contributed by atoms with Crippen molar-refractivity contribution >= 4 is 8.80 Å². The molecule has 2 rings (SSSR count). The number of hydrogen-bond acceptors (Lipinski definition) is 6. The summed E-state index contributed by atoms with van der Waals surface area (Å²) in [4.78, 5) is 0. The third kappa shape index (κ3) is 5.19. The van der Waals surface area contributed by atoms with Crippen LogP contribution in [-0.2, 0) is 24.4 Å². The molecular formula is C16H26O6Si. The lowest BCUT2D eigenvalue weighted by atomic mass is 10.1. The summed E-state index contributed by atoms with van der Waals surface area (Å²) in [5.74, 6) is 1.50. The molecule has 1 atom stereocenters. The first-order valence-electron chi connectivity index (χ1n) is 7.73. The Balaban J connectivity index is 1.89. The Kier molecular flexibility index (Phi) is 6.85. The molecular weight excluding hydrogens is 316 g/mol. The van der Waals surface area contributed by atoms with Gasteiger partial charge in [-0.1, -0.05) is 6.07 Å². The van der Waals surface area contributed by atoms with Gasteiger partial charge in [-0.05, 0) is 30.5 Å². The van der Waals surface area contributed by atoms with Crippen LogP contribution >= 0.6 is 0 Å². The van der Waals surface area contributed by atoms with Gasteiger partial charge in [-0.15, -0.1) is 0 Å². The lowest BCUT2D eigenvalue weighted by Crippen LogP contribution is -2.42. The second-order valence-electron chi connectivity index (χ2n) is 5.40. The van der Waals surface area contributed by atoms with Crippen LogP contribution in [0.15, 0.2) is 18.2 Å². The molecule has 130 valence electrons. The first kappa shape index (κ1) is 18.2. The molecule has 1 unspecified atom stereocenters. The Morgan fingerprint density at radius 2 is 1.78 bits per heavy atom. The molecule has 23 heavy (non-hydrogen) atoms. The summed E-state index contributed by atoms with van der Waals surface area (Å²) in [6.45, 7) is 1.35. The monoisotopic (exact) mass is 342 g/mol. The zero-order chi connectivity index (χ0) is 16.7. The van der Waals surface area contributed by atoms with E-state index in [4.69, 9.17) is 27.5 Å². The first-order chi connectivity index (χ1) is 11.2. The van der Waals surface area contributed by atoms with Crippen LogP contribution in [0.5, 0.6) is 11.5 Å². The smallest absolute Gasteiger partial charge is 0.493 e. The van der Waals surface area contributed by atoms with Gasteiger partial charge in [0.05, 0.1) is 13.7 Å². The van der Waals surface area contributed by atoms with E-state index in [1.807, 2.05) is 12.1 Å². The third-order valence-electron chi connectivity index (χ3n) is 3.94. The van der Waals surface area contributed by atoms with Crippen molar-refractivity contribution < 1.29 is 27.5 Å². The van der Waals surface area contributed by atoms with E-state index in [0.717, 1.165) is 37.0 Å². The fourth-order valence-corrected chi connectivity index (χ4v) is 4.12. The van der Waals surface area contributed by atoms with Gasteiger partial charge in [0.1, 0.15) is 12.7 Å². The molecule has 0 N–H and O–H groups in total. The summed E-state index contributed by atoms with van der Waals surface area (Å²) in [6.07, 6.45) is 2.04. The Bertz CT molecular complexity index is 479. The summed E-state index contributed by atoms with van der Waals surface area (Å²) in [5, 5.41) is 0. The van der Waals surface area contributed by atoms with Crippen molar-refractivity contribution in [1.82, 2.24) is 0 Å². The molecule has 1 aliphatic heterocycles. The molecule has 1 aromatic carbocycles. The Morgan fingerprint density at radius 1 is 1.09 bits per heavy atom. The molecule has 1 heterocycles. The highest BCUT2D eigenvalue weighted by Crippen LogP contribution is 2.30. The number of benzene rings is 1. The molecule has 0 amide bonds. The molecule has 1 saturated heterocycles. The number of hydrogen-bond donors (Lipinski definition) is 0. The van der Waals surface area contributed by atoms with E-state index in [9.17, 15) is 0 Å². The largest absolute Gasteiger partial charge is 0.500 e. The molecule has 7 heteroatoms. The molecule has 1 aromatic rings. The van der Waals surface area contributed by atoms with Crippen molar-refractivity contribution in [3.63, 3.8) is 0 Å². The highest BCUT2D eigenvalue weighted by Gasteiger charge is 2.36. The molecule has 6 nitrogen and oxygen atoms in total. The predicted octanol–water partition coefficient (Wildman–Crippen LogP) is 2.28. The zero-order valence-electron chi connectivity index (χ0n) is 14.3. The van der Waals surface area contributed by atoms with Crippen LogP contribution in [0.25, 0.3) is 0 Å². The standard InChI is InChI=1S/C16H26O6Si/c1-17-16-10-13(6-5-9-23(18-2,19-3)20-4)7-8-15(16)22-12-14-11-21-14/h7-8,10,14H,5-6,9,11-12H2,1-4H3. The summed E-state index contributed by atoms with van der Waals surface area (Å²) in [5.41, 5.74) is 1.18. The minimum atomic E-state index is -2.49. The summed E-state index contributed by atoms with van der Waals surface area (Å²) in [7, 11) is 4.07. The van der Waals surface area contributed by atoms with Gasteiger partial charge in [0.15, 0.2) is 11.5 Å². The highest BCUT2D eigenvalue weighted by molar-refractivity contribution is 6.60. The van der Waals surface area contributed by atoms with Gasteiger partial charge in [0.25, 0.3) is 0 Å². The van der Waals surface area contributed by atoms with Gasteiger partial charge < -0.3 is 27.5 Å². The number of aryl methyl sites for hydroxylation is 1. The van der Waals surface area contributed by atoms with Crippen molar-refractivity contribution in [2.75, 3.05) is 41.7 Å². The van der Waals surface area contributed by atoms with Crippen molar-refractivity contribution in [3.05, 3.63) is 23.8 Å². The van der Waals surface area contributed by atoms with Crippen LogP contribution in [0.1, 0.15) is 12.0 Å². The van der Waals surface area contributed by atoms with E-state index in [1.165, 1.54) is 5.56 Å². The topological polar surface area (TPSA) is 58.7 Å². The van der Waals surface area contributed by atoms with Crippen LogP contribution in [0.3, 0.4) is 0 Å². The number of ether oxygens (including phenoxy) is 3. The van der Waals surface area contributed by atoms with E-state index < -0.39 is 8.80 Å². The van der Waals surface area contributed by atoms with Crippen LogP contribution in [0, 0.1) is 0 Å². The van der Waals surface area contributed by atoms with Gasteiger partial charge in [-0.2, -0.15) is 0 Å². The molecule has 0 radical (unpaired) electrons. The minimum Gasteiger partial charge on any atom is -0.493 e. The van der Waals surface area contributed by atoms with E-state index in [-0.39, 0.29) is 6.10 Å². The molecule has 0 aromatic heterocycles. The van der Waals surface area contributed by atoms with Crippen molar-refractivity contribution in [2.45, 2.75) is 25.0 Å². The zero-order valence-corrected chi connectivity index (χ0v) is 15.3. The third-order valence-corrected chi connectivity index (χ3v) is 6.77. The molecule has 1 aliphatic rings. The van der Waals surface area contributed by atoms with Crippen LogP contribution in [-0.4, -0.2) is 56.6 Å². The first-order valence-corrected chi connectivity index (χ1v) is 9.66. The van der Waals surface area contributed by atoms with E-state index in [2.05, 4.69) is 6.07 Å². The quantitative estimate of drug-likeness (QED) is 0.454. The lowest BCUT2D eigenvalue weighted by Gasteiger charge is -2.24. The van der Waals surface area contributed by atoms with Crippen LogP contribution in [0.4, 0.5) is 0 Å². The second kappa shape index (κ2) is 8.65. The van der Waals surface area contributed by atoms with E-state index >= 15 is 0 Å². The average molecular weight is 342 g/mol. The van der Waals surface area contributed by atoms with Crippen molar-refractivity contribution in [2.24, 2.45) is 0 Å². The van der Waals surface area contributed by atoms with Crippen LogP contribution in [0.2, 0.25) is 6.04 Å². The fourth-order valence-electron chi connectivity index (χ4n) is 2.40. The second-order valence-corrected chi connectivity index (χ2v) is 8.49. The minimum absolute atomic E-state index is 0.231. The SMILES string of the molecule is COc1cc(CCC[Si](OC)(OC)OC)ccc1OCC1CO1. The van der Waals surface area contributed by atoms with Gasteiger partial charge in [0.2, 0.25) is 0 Å². The van der Waals surface area contributed by atoms with Gasteiger partial charge in [-0.25, -0.2) is 0 Å². The summed E-state index contributed by atoms with van der Waals surface area (Å²) in [6, 6.07) is 6.79. The lowest BCUT2D eigenvalue weighted by molar-refractivity contribution is 0.123. The average Bonchev–Trinajstić information content (AvgIpc) is 3.42. The maximum absolute atomic E-state index is 5.71.